The van der Waals surface area contributed by atoms with Crippen molar-refractivity contribution in [3.05, 3.63) is 59.7 Å². The minimum absolute atomic E-state index is 0.214. The van der Waals surface area contributed by atoms with Crippen molar-refractivity contribution in [2.75, 3.05) is 6.54 Å². The molecular weight excluding hydrogens is 279 g/mol. The fourth-order valence-electron chi connectivity index (χ4n) is 2.04. The molecule has 112 valence electrons. The van der Waals surface area contributed by atoms with Gasteiger partial charge in [-0.25, -0.2) is 9.97 Å². The predicted octanol–water partition coefficient (Wildman–Crippen LogP) is 3.58. The maximum Gasteiger partial charge on any atom is 0.416 e. The molecule has 0 radical (unpaired) electrons. The largest absolute Gasteiger partial charge is 0.416 e. The SMILES string of the molecule is CCCNC(c1ccc(C(F)(F)F)cc1)c1cncnc1. The van der Waals surface area contributed by atoms with Crippen LogP contribution >= 0.6 is 0 Å². The van der Waals surface area contributed by atoms with E-state index in [-0.39, 0.29) is 6.04 Å². The number of rotatable bonds is 5. The van der Waals surface area contributed by atoms with E-state index in [4.69, 9.17) is 0 Å². The highest BCUT2D eigenvalue weighted by Gasteiger charge is 2.30. The second-order valence-electron chi connectivity index (χ2n) is 4.68. The molecule has 2 rings (SSSR count). The number of hydrogen-bond donors (Lipinski definition) is 1. The fourth-order valence-corrected chi connectivity index (χ4v) is 2.04. The van der Waals surface area contributed by atoms with Gasteiger partial charge in [-0.05, 0) is 30.7 Å². The van der Waals surface area contributed by atoms with Gasteiger partial charge in [0, 0.05) is 18.0 Å². The summed E-state index contributed by atoms with van der Waals surface area (Å²) in [5.74, 6) is 0. The Morgan fingerprint density at radius 1 is 1.05 bits per heavy atom. The Kier molecular flexibility index (Phi) is 4.90. The highest BCUT2D eigenvalue weighted by molar-refractivity contribution is 5.32. The van der Waals surface area contributed by atoms with Gasteiger partial charge in [0.1, 0.15) is 6.33 Å². The molecule has 0 aliphatic heterocycles. The van der Waals surface area contributed by atoms with Crippen molar-refractivity contribution < 1.29 is 13.2 Å². The molecule has 3 nitrogen and oxygen atoms in total. The summed E-state index contributed by atoms with van der Waals surface area (Å²) in [4.78, 5) is 7.93. The first-order chi connectivity index (χ1) is 10.0. The van der Waals surface area contributed by atoms with Crippen molar-refractivity contribution >= 4 is 0 Å². The van der Waals surface area contributed by atoms with E-state index < -0.39 is 11.7 Å². The lowest BCUT2D eigenvalue weighted by Gasteiger charge is -2.19. The van der Waals surface area contributed by atoms with Gasteiger partial charge in [-0.15, -0.1) is 0 Å². The van der Waals surface area contributed by atoms with Crippen LogP contribution in [-0.2, 0) is 6.18 Å². The molecule has 0 bridgehead atoms. The molecule has 1 aromatic carbocycles. The molecule has 1 N–H and O–H groups in total. The van der Waals surface area contributed by atoms with Gasteiger partial charge < -0.3 is 5.32 Å². The van der Waals surface area contributed by atoms with Crippen molar-refractivity contribution in [1.82, 2.24) is 15.3 Å². The number of nitrogens with one attached hydrogen (secondary N) is 1. The maximum absolute atomic E-state index is 12.6. The zero-order valence-corrected chi connectivity index (χ0v) is 11.6. The van der Waals surface area contributed by atoms with Gasteiger partial charge in [-0.1, -0.05) is 19.1 Å². The van der Waals surface area contributed by atoms with Crippen LogP contribution < -0.4 is 5.32 Å². The third-order valence-corrected chi connectivity index (χ3v) is 3.08. The van der Waals surface area contributed by atoms with Crippen LogP contribution in [-0.4, -0.2) is 16.5 Å². The fraction of sp³-hybridized carbons (Fsp3) is 0.333. The van der Waals surface area contributed by atoms with E-state index in [1.807, 2.05) is 6.92 Å². The van der Waals surface area contributed by atoms with Crippen molar-refractivity contribution in [2.24, 2.45) is 0 Å². The summed E-state index contributed by atoms with van der Waals surface area (Å²) in [5.41, 5.74) is 0.932. The Hall–Kier alpha value is -1.95. The Labute approximate surface area is 121 Å². The molecule has 1 heterocycles. The van der Waals surface area contributed by atoms with Crippen LogP contribution in [0.15, 0.2) is 43.0 Å². The molecule has 1 unspecified atom stereocenters. The number of aromatic nitrogens is 2. The van der Waals surface area contributed by atoms with Gasteiger partial charge in [0.25, 0.3) is 0 Å². The summed E-state index contributed by atoms with van der Waals surface area (Å²) in [6, 6.07) is 4.96. The van der Waals surface area contributed by atoms with Crippen molar-refractivity contribution in [1.29, 1.82) is 0 Å². The molecule has 0 aliphatic carbocycles. The molecule has 2 aromatic rings. The first-order valence-corrected chi connectivity index (χ1v) is 6.68. The summed E-state index contributed by atoms with van der Waals surface area (Å²) < 4.78 is 37.8. The first-order valence-electron chi connectivity index (χ1n) is 6.68. The van der Waals surface area contributed by atoms with Crippen LogP contribution in [0.1, 0.15) is 36.1 Å². The summed E-state index contributed by atoms with van der Waals surface area (Å²) in [7, 11) is 0. The smallest absolute Gasteiger partial charge is 0.306 e. The van der Waals surface area contributed by atoms with Crippen molar-refractivity contribution in [3.63, 3.8) is 0 Å². The Morgan fingerprint density at radius 2 is 1.67 bits per heavy atom. The summed E-state index contributed by atoms with van der Waals surface area (Å²) in [5, 5.41) is 3.30. The molecule has 1 aromatic heterocycles. The monoisotopic (exact) mass is 295 g/mol. The second kappa shape index (κ2) is 6.67. The molecule has 0 saturated heterocycles. The van der Waals surface area contributed by atoms with E-state index in [1.165, 1.54) is 18.5 Å². The molecule has 21 heavy (non-hydrogen) atoms. The van der Waals surface area contributed by atoms with Gasteiger partial charge in [-0.3, -0.25) is 0 Å². The molecule has 0 amide bonds. The van der Waals surface area contributed by atoms with E-state index >= 15 is 0 Å². The van der Waals surface area contributed by atoms with E-state index in [9.17, 15) is 13.2 Å². The highest BCUT2D eigenvalue weighted by atomic mass is 19.4. The van der Waals surface area contributed by atoms with Crippen LogP contribution in [0.25, 0.3) is 0 Å². The Balaban J connectivity index is 2.29. The molecule has 0 aliphatic rings. The first kappa shape index (κ1) is 15.4. The second-order valence-corrected chi connectivity index (χ2v) is 4.68. The third kappa shape index (κ3) is 4.01. The third-order valence-electron chi connectivity index (χ3n) is 3.08. The van der Waals surface area contributed by atoms with Crippen LogP contribution in [0.2, 0.25) is 0 Å². The molecule has 1 atom stereocenters. The van der Waals surface area contributed by atoms with Crippen LogP contribution in [0.3, 0.4) is 0 Å². The molecule has 0 spiro atoms. The zero-order valence-electron chi connectivity index (χ0n) is 11.6. The lowest BCUT2D eigenvalue weighted by atomic mass is 9.99. The van der Waals surface area contributed by atoms with Crippen LogP contribution in [0, 0.1) is 0 Å². The van der Waals surface area contributed by atoms with Crippen LogP contribution in [0.5, 0.6) is 0 Å². The Bertz CT molecular complexity index is 553. The maximum atomic E-state index is 12.6. The topological polar surface area (TPSA) is 37.8 Å². The number of benzene rings is 1. The van der Waals surface area contributed by atoms with Gasteiger partial charge in [-0.2, -0.15) is 13.2 Å². The highest BCUT2D eigenvalue weighted by Crippen LogP contribution is 2.30. The summed E-state index contributed by atoms with van der Waals surface area (Å²) in [6.45, 7) is 2.78. The van der Waals surface area contributed by atoms with E-state index in [0.717, 1.165) is 36.2 Å². The number of hydrogen-bond acceptors (Lipinski definition) is 3. The van der Waals surface area contributed by atoms with Crippen LogP contribution in [0.4, 0.5) is 13.2 Å². The van der Waals surface area contributed by atoms with E-state index in [2.05, 4.69) is 15.3 Å². The standard InChI is InChI=1S/C15H16F3N3/c1-2-7-21-14(12-8-19-10-20-9-12)11-3-5-13(6-4-11)15(16,17)18/h3-6,8-10,14,21H,2,7H2,1H3. The normalized spacial score (nSPS) is 13.1. The van der Waals surface area contributed by atoms with Gasteiger partial charge in [0.05, 0.1) is 11.6 Å². The molecule has 0 fully saturated rings. The number of alkyl halides is 3. The quantitative estimate of drug-likeness (QED) is 0.916. The lowest BCUT2D eigenvalue weighted by molar-refractivity contribution is -0.137. The minimum Gasteiger partial charge on any atom is -0.306 e. The number of nitrogens with zero attached hydrogens (tertiary/aromatic N) is 2. The van der Waals surface area contributed by atoms with Crippen molar-refractivity contribution in [3.8, 4) is 0 Å². The number of halogens is 3. The average Bonchev–Trinajstić information content (AvgIpc) is 2.48. The minimum atomic E-state index is -4.32. The van der Waals surface area contributed by atoms with Crippen molar-refractivity contribution in [2.45, 2.75) is 25.6 Å². The van der Waals surface area contributed by atoms with E-state index in [1.54, 1.807) is 12.4 Å². The summed E-state index contributed by atoms with van der Waals surface area (Å²) in [6.07, 6.45) is 1.36. The molecule has 0 saturated carbocycles. The lowest BCUT2D eigenvalue weighted by Crippen LogP contribution is -2.23. The predicted molar refractivity (Wildman–Crippen MR) is 73.6 cm³/mol. The zero-order chi connectivity index (χ0) is 15.3. The van der Waals surface area contributed by atoms with Gasteiger partial charge in [0.15, 0.2) is 0 Å². The summed E-state index contributed by atoms with van der Waals surface area (Å²) >= 11 is 0. The van der Waals surface area contributed by atoms with E-state index in [0.29, 0.717) is 0 Å². The van der Waals surface area contributed by atoms with Gasteiger partial charge >= 0.3 is 6.18 Å². The average molecular weight is 295 g/mol. The molecule has 6 heteroatoms. The van der Waals surface area contributed by atoms with Gasteiger partial charge in [0.2, 0.25) is 0 Å². The Morgan fingerprint density at radius 3 is 2.19 bits per heavy atom. The molecular formula is C15H16F3N3.